The number of nitrogens with one attached hydrogen (secondary N) is 2. The third-order valence-electron chi connectivity index (χ3n) is 5.02. The molecule has 0 radical (unpaired) electrons. The van der Waals surface area contributed by atoms with Crippen LogP contribution in [-0.4, -0.2) is 43.5 Å². The number of carbonyl (C=O) groups excluding carboxylic acids is 1. The summed E-state index contributed by atoms with van der Waals surface area (Å²) in [6, 6.07) is 6.57. The first-order valence-corrected chi connectivity index (χ1v) is 8.70. The average molecular weight is 319 g/mol. The molecule has 0 bridgehead atoms. The lowest BCUT2D eigenvalue weighted by molar-refractivity contribution is -0.135. The van der Waals surface area contributed by atoms with Gasteiger partial charge < -0.3 is 15.5 Å². The van der Waals surface area contributed by atoms with Crippen molar-refractivity contribution >= 4 is 5.91 Å². The van der Waals surface area contributed by atoms with Crippen LogP contribution in [0, 0.1) is 11.7 Å². The minimum absolute atomic E-state index is 0.0556. The third kappa shape index (κ3) is 4.30. The molecular formula is C18H26FN3O. The molecule has 1 amide bonds. The lowest BCUT2D eigenvalue weighted by Gasteiger charge is -2.37. The first kappa shape index (κ1) is 16.4. The minimum atomic E-state index is -0.241. The number of hydrogen-bond acceptors (Lipinski definition) is 3. The van der Waals surface area contributed by atoms with Gasteiger partial charge in [-0.25, -0.2) is 4.39 Å². The number of halogens is 1. The van der Waals surface area contributed by atoms with Gasteiger partial charge in [0.25, 0.3) is 0 Å². The Morgan fingerprint density at radius 2 is 2.04 bits per heavy atom. The molecule has 0 aromatic heterocycles. The quantitative estimate of drug-likeness (QED) is 0.893. The Labute approximate surface area is 137 Å². The van der Waals surface area contributed by atoms with E-state index in [4.69, 9.17) is 0 Å². The Morgan fingerprint density at radius 3 is 2.83 bits per heavy atom. The van der Waals surface area contributed by atoms with Crippen LogP contribution in [0.2, 0.25) is 0 Å². The van der Waals surface area contributed by atoms with Gasteiger partial charge in [-0.05, 0) is 56.0 Å². The molecule has 0 spiro atoms. The van der Waals surface area contributed by atoms with E-state index in [9.17, 15) is 9.18 Å². The molecule has 23 heavy (non-hydrogen) atoms. The van der Waals surface area contributed by atoms with Crippen molar-refractivity contribution in [2.45, 2.75) is 31.7 Å². The molecule has 1 unspecified atom stereocenters. The second-order valence-corrected chi connectivity index (χ2v) is 6.59. The number of carbonyl (C=O) groups is 1. The summed E-state index contributed by atoms with van der Waals surface area (Å²) in [5.41, 5.74) is 0.882. The van der Waals surface area contributed by atoms with Crippen molar-refractivity contribution in [3.05, 3.63) is 35.6 Å². The highest BCUT2D eigenvalue weighted by Crippen LogP contribution is 2.25. The van der Waals surface area contributed by atoms with Gasteiger partial charge in [0.1, 0.15) is 5.82 Å². The molecule has 4 nitrogen and oxygen atoms in total. The highest BCUT2D eigenvalue weighted by atomic mass is 19.1. The molecule has 2 heterocycles. The summed E-state index contributed by atoms with van der Waals surface area (Å²) in [6.45, 7) is 4.34. The van der Waals surface area contributed by atoms with Crippen molar-refractivity contribution in [2.75, 3.05) is 32.7 Å². The van der Waals surface area contributed by atoms with Crippen LogP contribution < -0.4 is 10.6 Å². The maximum atomic E-state index is 13.5. The highest BCUT2D eigenvalue weighted by molar-refractivity contribution is 5.77. The molecule has 1 atom stereocenters. The minimum Gasteiger partial charge on any atom is -0.333 e. The molecule has 126 valence electrons. The first-order chi connectivity index (χ1) is 11.2. The summed E-state index contributed by atoms with van der Waals surface area (Å²) in [6.07, 6.45) is 3.92. The molecule has 0 aliphatic carbocycles. The summed E-state index contributed by atoms with van der Waals surface area (Å²) in [7, 11) is 0. The van der Waals surface area contributed by atoms with E-state index < -0.39 is 0 Å². The molecule has 1 aromatic carbocycles. The van der Waals surface area contributed by atoms with E-state index in [1.165, 1.54) is 18.9 Å². The zero-order valence-corrected chi connectivity index (χ0v) is 13.6. The topological polar surface area (TPSA) is 44.4 Å². The predicted molar refractivity (Wildman–Crippen MR) is 88.6 cm³/mol. The number of piperazine rings is 1. The molecule has 2 saturated heterocycles. The van der Waals surface area contributed by atoms with Gasteiger partial charge in [-0.1, -0.05) is 12.1 Å². The summed E-state index contributed by atoms with van der Waals surface area (Å²) < 4.78 is 13.5. The van der Waals surface area contributed by atoms with Gasteiger partial charge in [-0.15, -0.1) is 0 Å². The fourth-order valence-electron chi connectivity index (χ4n) is 3.66. The smallest absolute Gasteiger partial charge is 0.223 e. The number of nitrogens with zero attached hydrogens (tertiary/aromatic N) is 1. The Balaban J connectivity index is 1.62. The second kappa shape index (κ2) is 7.88. The van der Waals surface area contributed by atoms with Crippen LogP contribution in [-0.2, 0) is 4.79 Å². The van der Waals surface area contributed by atoms with Crippen LogP contribution in [0.5, 0.6) is 0 Å². The maximum Gasteiger partial charge on any atom is 0.223 e. The Kier molecular flexibility index (Phi) is 5.62. The van der Waals surface area contributed by atoms with Crippen molar-refractivity contribution in [3.63, 3.8) is 0 Å². The summed E-state index contributed by atoms with van der Waals surface area (Å²) in [4.78, 5) is 14.6. The third-order valence-corrected chi connectivity index (χ3v) is 5.02. The molecule has 0 saturated carbocycles. The Morgan fingerprint density at radius 1 is 1.22 bits per heavy atom. The van der Waals surface area contributed by atoms with Gasteiger partial charge in [0.05, 0.1) is 6.04 Å². The molecule has 2 N–H and O–H groups in total. The molecule has 3 rings (SSSR count). The fraction of sp³-hybridized carbons (Fsp3) is 0.611. The van der Waals surface area contributed by atoms with Crippen molar-refractivity contribution in [3.8, 4) is 0 Å². The number of hydrogen-bond donors (Lipinski definition) is 2. The molecular weight excluding hydrogens is 293 g/mol. The van der Waals surface area contributed by atoms with Gasteiger partial charge in [0, 0.05) is 26.1 Å². The van der Waals surface area contributed by atoms with E-state index in [2.05, 4.69) is 10.6 Å². The van der Waals surface area contributed by atoms with Crippen molar-refractivity contribution in [1.29, 1.82) is 0 Å². The number of benzene rings is 1. The average Bonchev–Trinajstić information content (AvgIpc) is 2.60. The number of amides is 1. The molecule has 5 heteroatoms. The predicted octanol–water partition coefficient (Wildman–Crippen LogP) is 2.08. The second-order valence-electron chi connectivity index (χ2n) is 6.59. The maximum absolute atomic E-state index is 13.5. The standard InChI is InChI=1S/C18H26FN3O/c19-16-3-1-2-15(12-16)17-13-21-10-11-22(17)18(23)5-4-14-6-8-20-9-7-14/h1-3,12,14,17,20-21H,4-11,13H2. The Hall–Kier alpha value is -1.46. The largest absolute Gasteiger partial charge is 0.333 e. The number of rotatable bonds is 4. The van der Waals surface area contributed by atoms with Gasteiger partial charge in [0.15, 0.2) is 0 Å². The van der Waals surface area contributed by atoms with Gasteiger partial charge in [0.2, 0.25) is 5.91 Å². The molecule has 2 aliphatic rings. The van der Waals surface area contributed by atoms with E-state index in [-0.39, 0.29) is 17.8 Å². The molecule has 2 aliphatic heterocycles. The zero-order valence-electron chi connectivity index (χ0n) is 13.6. The number of piperidine rings is 1. The van der Waals surface area contributed by atoms with E-state index in [0.717, 1.165) is 31.6 Å². The van der Waals surface area contributed by atoms with Crippen molar-refractivity contribution < 1.29 is 9.18 Å². The summed E-state index contributed by atoms with van der Waals surface area (Å²) in [5, 5.41) is 6.68. The van der Waals surface area contributed by atoms with E-state index >= 15 is 0 Å². The lowest BCUT2D eigenvalue weighted by Crippen LogP contribution is -2.48. The van der Waals surface area contributed by atoms with E-state index in [1.54, 1.807) is 12.1 Å². The summed E-state index contributed by atoms with van der Waals surface area (Å²) in [5.74, 6) is 0.630. The van der Waals surface area contributed by atoms with Crippen LogP contribution in [0.4, 0.5) is 4.39 Å². The van der Waals surface area contributed by atoms with Crippen LogP contribution >= 0.6 is 0 Å². The van der Waals surface area contributed by atoms with Gasteiger partial charge >= 0.3 is 0 Å². The van der Waals surface area contributed by atoms with Gasteiger partial charge in [-0.3, -0.25) is 4.79 Å². The lowest BCUT2D eigenvalue weighted by atomic mass is 9.92. The SMILES string of the molecule is O=C(CCC1CCNCC1)N1CCNCC1c1cccc(F)c1. The van der Waals surface area contributed by atoms with Gasteiger partial charge in [-0.2, -0.15) is 0 Å². The van der Waals surface area contributed by atoms with Crippen LogP contribution in [0.25, 0.3) is 0 Å². The van der Waals surface area contributed by atoms with E-state index in [0.29, 0.717) is 25.4 Å². The fourth-order valence-corrected chi connectivity index (χ4v) is 3.66. The monoisotopic (exact) mass is 319 g/mol. The van der Waals surface area contributed by atoms with E-state index in [1.807, 2.05) is 11.0 Å². The summed E-state index contributed by atoms with van der Waals surface area (Å²) >= 11 is 0. The first-order valence-electron chi connectivity index (χ1n) is 8.70. The van der Waals surface area contributed by atoms with Crippen molar-refractivity contribution in [2.24, 2.45) is 5.92 Å². The molecule has 2 fully saturated rings. The van der Waals surface area contributed by atoms with Crippen LogP contribution in [0.15, 0.2) is 24.3 Å². The highest BCUT2D eigenvalue weighted by Gasteiger charge is 2.28. The normalized spacial score (nSPS) is 23.0. The van der Waals surface area contributed by atoms with Crippen molar-refractivity contribution in [1.82, 2.24) is 15.5 Å². The van der Waals surface area contributed by atoms with Crippen LogP contribution in [0.3, 0.4) is 0 Å². The Bertz CT molecular complexity index is 531. The zero-order chi connectivity index (χ0) is 16.1. The molecule has 1 aromatic rings. The van der Waals surface area contributed by atoms with Crippen LogP contribution in [0.1, 0.15) is 37.3 Å².